The fraction of sp³-hybridized carbons (Fsp3) is 0.250. The maximum Gasteiger partial charge on any atom is 0.123 e. The average molecular weight is 411 g/mol. The molecule has 0 spiro atoms. The lowest BCUT2D eigenvalue weighted by atomic mass is 9.82. The predicted octanol–water partition coefficient (Wildman–Crippen LogP) is 7.26. The maximum absolute atomic E-state index is 13.4. The summed E-state index contributed by atoms with van der Waals surface area (Å²) < 4.78 is 14.5. The summed E-state index contributed by atoms with van der Waals surface area (Å²) in [4.78, 5) is 0. The number of hydrogen-bond acceptors (Lipinski definition) is 0. The van der Waals surface area contributed by atoms with Crippen LogP contribution in [0.15, 0.2) is 77.3 Å². The second-order valence-electron chi connectivity index (χ2n) is 7.77. The van der Waals surface area contributed by atoms with Crippen molar-refractivity contribution in [3.05, 3.63) is 105 Å². The molecule has 0 N–H and O–H groups in total. The molecule has 1 atom stereocenters. The van der Waals surface area contributed by atoms with Gasteiger partial charge in [0.25, 0.3) is 0 Å². The van der Waals surface area contributed by atoms with Gasteiger partial charge in [-0.1, -0.05) is 91.3 Å². The zero-order valence-electron chi connectivity index (χ0n) is 15.5. The van der Waals surface area contributed by atoms with Crippen LogP contribution in [0.4, 0.5) is 4.39 Å². The van der Waals surface area contributed by atoms with E-state index in [0.29, 0.717) is 0 Å². The van der Waals surface area contributed by atoms with Crippen LogP contribution in [-0.4, -0.2) is 0 Å². The average Bonchev–Trinajstić information content (AvgIpc) is 2.61. The molecule has 0 bridgehead atoms. The molecule has 0 nitrogen and oxygen atoms in total. The zero-order valence-corrected chi connectivity index (χ0v) is 17.1. The third kappa shape index (κ3) is 4.42. The van der Waals surface area contributed by atoms with Crippen molar-refractivity contribution >= 4 is 15.9 Å². The quantitative estimate of drug-likeness (QED) is 0.424. The molecular formula is C24H24BrF. The summed E-state index contributed by atoms with van der Waals surface area (Å²) in [7, 11) is 0. The summed E-state index contributed by atoms with van der Waals surface area (Å²) in [5.41, 5.74) is 5.08. The number of halogens is 2. The molecule has 0 aliphatic heterocycles. The number of rotatable bonds is 4. The van der Waals surface area contributed by atoms with Gasteiger partial charge in [0, 0.05) is 10.4 Å². The van der Waals surface area contributed by atoms with Gasteiger partial charge in [-0.05, 0) is 52.3 Å². The molecule has 0 aromatic heterocycles. The van der Waals surface area contributed by atoms with Crippen LogP contribution in [0.2, 0.25) is 0 Å². The van der Waals surface area contributed by atoms with Gasteiger partial charge in [-0.3, -0.25) is 0 Å². The van der Waals surface area contributed by atoms with Gasteiger partial charge in [0.1, 0.15) is 5.82 Å². The topological polar surface area (TPSA) is 0 Å². The molecule has 0 aliphatic carbocycles. The van der Waals surface area contributed by atoms with Crippen molar-refractivity contribution in [1.82, 2.24) is 0 Å². The van der Waals surface area contributed by atoms with Crippen molar-refractivity contribution in [1.29, 1.82) is 0 Å². The van der Waals surface area contributed by atoms with Crippen LogP contribution in [0.5, 0.6) is 0 Å². The van der Waals surface area contributed by atoms with Crippen LogP contribution >= 0.6 is 15.9 Å². The molecule has 134 valence electrons. The van der Waals surface area contributed by atoms with Gasteiger partial charge < -0.3 is 0 Å². The summed E-state index contributed by atoms with van der Waals surface area (Å²) in [5.74, 6) is -0.0141. The summed E-state index contributed by atoms with van der Waals surface area (Å²) >= 11 is 3.66. The summed E-state index contributed by atoms with van der Waals surface area (Å²) in [5, 5.41) is 0. The van der Waals surface area contributed by atoms with Gasteiger partial charge in [-0.15, -0.1) is 0 Å². The highest BCUT2D eigenvalue weighted by molar-refractivity contribution is 9.10. The van der Waals surface area contributed by atoms with E-state index < -0.39 is 0 Å². The fourth-order valence-electron chi connectivity index (χ4n) is 3.22. The Labute approximate surface area is 164 Å². The van der Waals surface area contributed by atoms with Crippen molar-refractivity contribution < 1.29 is 4.39 Å². The Hall–Kier alpha value is -1.93. The lowest BCUT2D eigenvalue weighted by molar-refractivity contribution is 0.589. The first-order chi connectivity index (χ1) is 12.3. The van der Waals surface area contributed by atoms with Gasteiger partial charge in [0.15, 0.2) is 0 Å². The molecule has 0 fully saturated rings. The Kier molecular flexibility index (Phi) is 5.62. The molecule has 0 radical (unpaired) electrons. The first-order valence-electron chi connectivity index (χ1n) is 8.94. The maximum atomic E-state index is 13.4. The van der Waals surface area contributed by atoms with E-state index in [0.717, 1.165) is 16.5 Å². The third-order valence-corrected chi connectivity index (χ3v) is 5.61. The molecule has 26 heavy (non-hydrogen) atoms. The van der Waals surface area contributed by atoms with E-state index in [4.69, 9.17) is 0 Å². The minimum atomic E-state index is -0.198. The molecule has 2 heteroatoms. The Morgan fingerprint density at radius 3 is 1.88 bits per heavy atom. The van der Waals surface area contributed by atoms with Crippen LogP contribution in [-0.2, 0) is 11.8 Å². The lowest BCUT2D eigenvalue weighted by Gasteiger charge is -2.22. The van der Waals surface area contributed by atoms with E-state index in [2.05, 4.69) is 79.2 Å². The second-order valence-corrected chi connectivity index (χ2v) is 8.63. The van der Waals surface area contributed by atoms with E-state index in [1.807, 2.05) is 18.2 Å². The molecule has 0 saturated heterocycles. The predicted molar refractivity (Wildman–Crippen MR) is 111 cm³/mol. The van der Waals surface area contributed by atoms with E-state index in [-0.39, 0.29) is 17.2 Å². The highest BCUT2D eigenvalue weighted by Crippen LogP contribution is 2.32. The number of hydrogen-bond donors (Lipinski definition) is 0. The molecular weight excluding hydrogens is 387 g/mol. The van der Waals surface area contributed by atoms with Gasteiger partial charge in [-0.2, -0.15) is 0 Å². The van der Waals surface area contributed by atoms with Gasteiger partial charge in [-0.25, -0.2) is 4.39 Å². The normalized spacial score (nSPS) is 12.8. The van der Waals surface area contributed by atoms with E-state index in [9.17, 15) is 4.39 Å². The minimum Gasteiger partial charge on any atom is -0.207 e. The lowest BCUT2D eigenvalue weighted by Crippen LogP contribution is -2.12. The van der Waals surface area contributed by atoms with Gasteiger partial charge in [0.2, 0.25) is 0 Å². The SMILES string of the molecule is CC(C)(C)c1ccc(C(Cc2ccccc2Br)c2ccc(F)cc2)cc1. The van der Waals surface area contributed by atoms with E-state index >= 15 is 0 Å². The van der Waals surface area contributed by atoms with Crippen molar-refractivity contribution in [3.63, 3.8) is 0 Å². The fourth-order valence-corrected chi connectivity index (χ4v) is 3.67. The molecule has 0 saturated carbocycles. The second kappa shape index (κ2) is 7.75. The van der Waals surface area contributed by atoms with Gasteiger partial charge >= 0.3 is 0 Å². The van der Waals surface area contributed by atoms with Crippen LogP contribution in [0.25, 0.3) is 0 Å². The first-order valence-corrected chi connectivity index (χ1v) is 9.73. The molecule has 0 amide bonds. The van der Waals surface area contributed by atoms with Crippen molar-refractivity contribution in [2.75, 3.05) is 0 Å². The monoisotopic (exact) mass is 410 g/mol. The standard InChI is InChI=1S/C24H24BrF/c1-24(2,3)20-12-8-17(9-13-20)22(18-10-14-21(26)15-11-18)16-19-6-4-5-7-23(19)25/h4-15,22H,16H2,1-3H3. The van der Waals surface area contributed by atoms with E-state index in [1.165, 1.54) is 16.7 Å². The van der Waals surface area contributed by atoms with Crippen LogP contribution in [0, 0.1) is 5.82 Å². The molecule has 1 unspecified atom stereocenters. The summed E-state index contributed by atoms with van der Waals surface area (Å²) in [6.45, 7) is 6.67. The summed E-state index contributed by atoms with van der Waals surface area (Å²) in [6, 6.07) is 24.0. The largest absolute Gasteiger partial charge is 0.207 e. The Bertz CT molecular complexity index is 858. The molecule has 0 heterocycles. The van der Waals surface area contributed by atoms with E-state index in [1.54, 1.807) is 12.1 Å². The highest BCUT2D eigenvalue weighted by Gasteiger charge is 2.18. The molecule has 3 aromatic rings. The van der Waals surface area contributed by atoms with Crippen molar-refractivity contribution in [2.45, 2.75) is 38.5 Å². The smallest absolute Gasteiger partial charge is 0.123 e. The minimum absolute atomic E-state index is 0.131. The van der Waals surface area contributed by atoms with Gasteiger partial charge in [0.05, 0.1) is 0 Å². The molecule has 0 aliphatic rings. The highest BCUT2D eigenvalue weighted by atomic mass is 79.9. The Morgan fingerprint density at radius 1 is 0.808 bits per heavy atom. The van der Waals surface area contributed by atoms with Crippen LogP contribution < -0.4 is 0 Å². The van der Waals surface area contributed by atoms with Crippen LogP contribution in [0.1, 0.15) is 48.9 Å². The van der Waals surface area contributed by atoms with Crippen molar-refractivity contribution in [2.24, 2.45) is 0 Å². The van der Waals surface area contributed by atoms with Crippen LogP contribution in [0.3, 0.4) is 0 Å². The third-order valence-electron chi connectivity index (χ3n) is 4.83. The Balaban J connectivity index is 2.00. The molecule has 3 aromatic carbocycles. The number of benzene rings is 3. The summed E-state index contributed by atoms with van der Waals surface area (Å²) in [6.07, 6.45) is 0.863. The first kappa shape index (κ1) is 18.8. The molecule has 3 rings (SSSR count). The zero-order chi connectivity index (χ0) is 18.7. The Morgan fingerprint density at radius 2 is 1.35 bits per heavy atom. The van der Waals surface area contributed by atoms with Crippen molar-refractivity contribution in [3.8, 4) is 0 Å².